The Morgan fingerprint density at radius 3 is 2.36 bits per heavy atom. The van der Waals surface area contributed by atoms with Crippen LogP contribution in [-0.4, -0.2) is 12.7 Å². The molecule has 0 saturated heterocycles. The van der Waals surface area contributed by atoms with Gasteiger partial charge in [-0.2, -0.15) is 0 Å². The lowest BCUT2D eigenvalue weighted by molar-refractivity contribution is 0.00000188. The minimum Gasteiger partial charge on any atom is -0.494 e. The average Bonchev–Trinajstić information content (AvgIpc) is 2.55. The first-order chi connectivity index (χ1) is 10.8. The third-order valence-electron chi connectivity index (χ3n) is 3.42. The van der Waals surface area contributed by atoms with E-state index in [9.17, 15) is 0 Å². The Morgan fingerprint density at radius 2 is 1.68 bits per heavy atom. The predicted octanol–water partition coefficient (Wildman–Crippen LogP) is 5.20. The van der Waals surface area contributed by atoms with Gasteiger partial charge < -0.3 is 9.47 Å². The molecular weight excluding hydrogens is 272 g/mol. The van der Waals surface area contributed by atoms with Crippen LogP contribution in [0.2, 0.25) is 0 Å². The summed E-state index contributed by atoms with van der Waals surface area (Å²) < 4.78 is 11.8. The zero-order valence-corrected chi connectivity index (χ0v) is 13.5. The fraction of sp³-hybridized carbons (Fsp3) is 0.400. The van der Waals surface area contributed by atoms with Gasteiger partial charge in [0.2, 0.25) is 0 Å². The highest BCUT2D eigenvalue weighted by atomic mass is 16.5. The molecule has 2 aromatic rings. The van der Waals surface area contributed by atoms with E-state index >= 15 is 0 Å². The lowest BCUT2D eigenvalue weighted by Crippen LogP contribution is -2.11. The van der Waals surface area contributed by atoms with Gasteiger partial charge in [-0.25, -0.2) is 0 Å². The molecule has 0 heterocycles. The van der Waals surface area contributed by atoms with Gasteiger partial charge in [-0.3, -0.25) is 0 Å². The van der Waals surface area contributed by atoms with Gasteiger partial charge in [-0.15, -0.1) is 0 Å². The van der Waals surface area contributed by atoms with Crippen molar-refractivity contribution in [2.45, 2.75) is 45.3 Å². The quantitative estimate of drug-likeness (QED) is 0.592. The Hall–Kier alpha value is -1.80. The lowest BCUT2D eigenvalue weighted by Gasteiger charge is -2.21. The van der Waals surface area contributed by atoms with Crippen molar-refractivity contribution in [1.29, 1.82) is 0 Å². The van der Waals surface area contributed by atoms with E-state index in [1.54, 1.807) is 0 Å². The summed E-state index contributed by atoms with van der Waals surface area (Å²) in [5.74, 6) is 0.914. The van der Waals surface area contributed by atoms with Crippen LogP contribution in [0.25, 0.3) is 0 Å². The van der Waals surface area contributed by atoms with E-state index in [0.717, 1.165) is 31.6 Å². The summed E-state index contributed by atoms with van der Waals surface area (Å²) >= 11 is 0. The molecule has 0 aliphatic heterocycles. The molecular formula is C20H25O2. The Bertz CT molecular complexity index is 508. The van der Waals surface area contributed by atoms with E-state index in [1.165, 1.54) is 5.56 Å². The molecule has 2 heteroatoms. The molecule has 0 saturated carbocycles. The van der Waals surface area contributed by atoms with E-state index in [4.69, 9.17) is 9.47 Å². The highest BCUT2D eigenvalue weighted by Crippen LogP contribution is 2.25. The fourth-order valence-electron chi connectivity index (χ4n) is 2.40. The molecule has 0 bridgehead atoms. The van der Waals surface area contributed by atoms with Crippen molar-refractivity contribution in [2.75, 3.05) is 6.61 Å². The van der Waals surface area contributed by atoms with Gasteiger partial charge in [0.1, 0.15) is 5.75 Å². The molecule has 0 N–H and O–H groups in total. The number of ether oxygens (including phenoxy) is 2. The molecule has 1 radical (unpaired) electrons. The third kappa shape index (κ3) is 5.90. The molecule has 1 atom stereocenters. The van der Waals surface area contributed by atoms with Crippen LogP contribution in [0.1, 0.15) is 44.8 Å². The van der Waals surface area contributed by atoms with Crippen molar-refractivity contribution in [1.82, 2.24) is 0 Å². The molecule has 0 aliphatic rings. The summed E-state index contributed by atoms with van der Waals surface area (Å²) in [7, 11) is 0. The van der Waals surface area contributed by atoms with Crippen LogP contribution >= 0.6 is 0 Å². The molecule has 0 amide bonds. The number of unbranched alkanes of at least 4 members (excludes halogenated alkanes) is 1. The Labute approximate surface area is 134 Å². The molecule has 0 aliphatic carbocycles. The maximum absolute atomic E-state index is 6.06. The zero-order valence-electron chi connectivity index (χ0n) is 13.5. The Morgan fingerprint density at radius 1 is 0.955 bits per heavy atom. The van der Waals surface area contributed by atoms with E-state index in [2.05, 4.69) is 44.2 Å². The van der Waals surface area contributed by atoms with Gasteiger partial charge in [-0.1, -0.05) is 42.5 Å². The van der Waals surface area contributed by atoms with Crippen LogP contribution in [0.5, 0.6) is 5.75 Å². The SMILES string of the molecule is CC(C)OC(CCCCOc1cc[c]cc1)c1ccccc1. The van der Waals surface area contributed by atoms with Gasteiger partial charge in [0, 0.05) is 0 Å². The van der Waals surface area contributed by atoms with Crippen LogP contribution in [0.4, 0.5) is 0 Å². The van der Waals surface area contributed by atoms with Crippen LogP contribution in [0.3, 0.4) is 0 Å². The summed E-state index contributed by atoms with van der Waals surface area (Å²) in [5.41, 5.74) is 1.26. The van der Waals surface area contributed by atoms with E-state index < -0.39 is 0 Å². The van der Waals surface area contributed by atoms with Crippen molar-refractivity contribution in [3.05, 3.63) is 66.2 Å². The minimum absolute atomic E-state index is 0.174. The summed E-state index contributed by atoms with van der Waals surface area (Å²) in [6, 6.07) is 21.1. The first kappa shape index (κ1) is 16.6. The van der Waals surface area contributed by atoms with Crippen molar-refractivity contribution >= 4 is 0 Å². The van der Waals surface area contributed by atoms with Gasteiger partial charge in [0.05, 0.1) is 18.8 Å². The molecule has 22 heavy (non-hydrogen) atoms. The van der Waals surface area contributed by atoms with Crippen LogP contribution in [-0.2, 0) is 4.74 Å². The topological polar surface area (TPSA) is 18.5 Å². The van der Waals surface area contributed by atoms with E-state index in [1.807, 2.05) is 30.3 Å². The Balaban J connectivity index is 1.74. The molecule has 1 unspecified atom stereocenters. The minimum atomic E-state index is 0.174. The van der Waals surface area contributed by atoms with Gasteiger partial charge >= 0.3 is 0 Å². The van der Waals surface area contributed by atoms with Crippen LogP contribution in [0, 0.1) is 6.07 Å². The summed E-state index contributed by atoms with van der Waals surface area (Å²) in [6.45, 7) is 4.92. The maximum atomic E-state index is 6.06. The zero-order chi connectivity index (χ0) is 15.6. The van der Waals surface area contributed by atoms with Crippen LogP contribution < -0.4 is 4.74 Å². The van der Waals surface area contributed by atoms with Gasteiger partial charge in [0.25, 0.3) is 0 Å². The van der Waals surface area contributed by atoms with Crippen molar-refractivity contribution < 1.29 is 9.47 Å². The van der Waals surface area contributed by atoms with Gasteiger partial charge in [0.15, 0.2) is 0 Å². The number of hydrogen-bond donors (Lipinski definition) is 0. The molecule has 0 spiro atoms. The number of benzene rings is 2. The third-order valence-corrected chi connectivity index (χ3v) is 3.42. The first-order valence-corrected chi connectivity index (χ1v) is 8.05. The second kappa shape index (κ2) is 9.26. The van der Waals surface area contributed by atoms with Crippen molar-refractivity contribution in [3.8, 4) is 5.75 Å². The second-order valence-corrected chi connectivity index (χ2v) is 5.66. The number of rotatable bonds is 9. The lowest BCUT2D eigenvalue weighted by atomic mass is 10.0. The fourth-order valence-corrected chi connectivity index (χ4v) is 2.40. The summed E-state index contributed by atoms with van der Waals surface area (Å²) in [6.07, 6.45) is 3.55. The van der Waals surface area contributed by atoms with E-state index in [0.29, 0.717) is 0 Å². The second-order valence-electron chi connectivity index (χ2n) is 5.66. The summed E-state index contributed by atoms with van der Waals surface area (Å²) in [5, 5.41) is 0. The Kier molecular flexibility index (Phi) is 6.98. The first-order valence-electron chi connectivity index (χ1n) is 8.05. The largest absolute Gasteiger partial charge is 0.494 e. The monoisotopic (exact) mass is 297 g/mol. The smallest absolute Gasteiger partial charge is 0.119 e. The van der Waals surface area contributed by atoms with Crippen LogP contribution in [0.15, 0.2) is 54.6 Å². The molecule has 2 nitrogen and oxygen atoms in total. The molecule has 117 valence electrons. The maximum Gasteiger partial charge on any atom is 0.119 e. The molecule has 2 rings (SSSR count). The summed E-state index contributed by atoms with van der Waals surface area (Å²) in [4.78, 5) is 0. The molecule has 0 fully saturated rings. The van der Waals surface area contributed by atoms with Crippen molar-refractivity contribution in [3.63, 3.8) is 0 Å². The standard InChI is InChI=1S/C20H25O2/c1-17(2)22-20(18-11-5-3-6-12-18)15-9-10-16-21-19-13-7-4-8-14-19/h3,5-8,11-14,17,20H,9-10,15-16H2,1-2H3. The van der Waals surface area contributed by atoms with E-state index in [-0.39, 0.29) is 12.2 Å². The molecule has 2 aromatic carbocycles. The number of hydrogen-bond acceptors (Lipinski definition) is 2. The normalized spacial score (nSPS) is 12.3. The molecule has 0 aromatic heterocycles. The highest BCUT2D eigenvalue weighted by molar-refractivity contribution is 5.20. The van der Waals surface area contributed by atoms with Gasteiger partial charge in [-0.05, 0) is 56.9 Å². The van der Waals surface area contributed by atoms with Crippen molar-refractivity contribution in [2.24, 2.45) is 0 Å². The average molecular weight is 297 g/mol. The highest BCUT2D eigenvalue weighted by Gasteiger charge is 2.13. The predicted molar refractivity (Wildman–Crippen MR) is 90.0 cm³/mol.